The number of allylic oxidation sites excluding steroid dienone is 1. The average molecular weight is 749 g/mol. The maximum atomic E-state index is 14.4. The summed E-state index contributed by atoms with van der Waals surface area (Å²) >= 11 is 6.63. The van der Waals surface area contributed by atoms with Crippen LogP contribution in [0.2, 0.25) is 5.02 Å². The number of benzene rings is 2. The van der Waals surface area contributed by atoms with Crippen molar-refractivity contribution in [1.29, 1.82) is 0 Å². The Hall–Kier alpha value is -5.83. The van der Waals surface area contributed by atoms with Gasteiger partial charge < -0.3 is 43.4 Å². The summed E-state index contributed by atoms with van der Waals surface area (Å²) in [4.78, 5) is 50.8. The number of aliphatic hydroxyl groups is 1. The third kappa shape index (κ3) is 6.45. The van der Waals surface area contributed by atoms with Gasteiger partial charge in [-0.05, 0) is 29.8 Å². The molecule has 6 rings (SSSR count). The molecule has 2 aliphatic rings. The number of ether oxygens (including phenoxy) is 6. The van der Waals surface area contributed by atoms with Gasteiger partial charge in [-0.2, -0.15) is 4.98 Å². The number of nitrogens with one attached hydrogen (secondary N) is 1. The molecule has 1 amide bonds. The topological polar surface area (TPSA) is 191 Å². The zero-order valence-corrected chi connectivity index (χ0v) is 30.5. The molecule has 1 aliphatic carbocycles. The van der Waals surface area contributed by atoms with E-state index in [0.717, 1.165) is 0 Å². The quantitative estimate of drug-likeness (QED) is 0.184. The number of rotatable bonds is 13. The van der Waals surface area contributed by atoms with Crippen LogP contribution in [0.3, 0.4) is 0 Å². The third-order valence-corrected chi connectivity index (χ3v) is 9.72. The van der Waals surface area contributed by atoms with Crippen molar-refractivity contribution in [2.24, 2.45) is 5.92 Å². The van der Waals surface area contributed by atoms with Crippen molar-refractivity contribution in [3.05, 3.63) is 76.0 Å². The molecule has 2 aromatic carbocycles. The number of halogens is 1. The molecule has 0 saturated heterocycles. The number of aromatic nitrogens is 3. The number of ketones is 2. The number of fused-ring (bicyclic) bond motifs is 1. The van der Waals surface area contributed by atoms with Crippen LogP contribution in [0.1, 0.15) is 47.5 Å². The van der Waals surface area contributed by atoms with Gasteiger partial charge >= 0.3 is 0 Å². The molecule has 15 nitrogen and oxygen atoms in total. The second-order valence-electron chi connectivity index (χ2n) is 12.3. The van der Waals surface area contributed by atoms with E-state index in [4.69, 9.17) is 44.5 Å². The van der Waals surface area contributed by atoms with Gasteiger partial charge in [0.05, 0.1) is 35.5 Å². The highest BCUT2D eigenvalue weighted by atomic mass is 35.5. The summed E-state index contributed by atoms with van der Waals surface area (Å²) in [7, 11) is 7.05. The number of hydrogen-bond acceptors (Lipinski definition) is 14. The Morgan fingerprint density at radius 1 is 1.02 bits per heavy atom. The van der Waals surface area contributed by atoms with Gasteiger partial charge in [-0.25, -0.2) is 0 Å². The van der Waals surface area contributed by atoms with Crippen LogP contribution in [0.15, 0.2) is 58.5 Å². The van der Waals surface area contributed by atoms with Gasteiger partial charge in [0.2, 0.25) is 34.8 Å². The number of amides is 1. The monoisotopic (exact) mass is 748 g/mol. The van der Waals surface area contributed by atoms with E-state index in [1.165, 1.54) is 41.6 Å². The SMILES string of the molecule is COc1cc(OC)c2c(c1Cl)OC1(C2=O)C(O)=C(C(CC(=O)NCCc2nc(-c3ccccn3)no2)c2cc(OC)c(OC)c(OC)c2)C(=O)CC1C. The standard InChI is InChI=1S/C37H37ClN4O11/c1-18-13-22(43)29(34(45)37(18)35(46)30-23(47-2)17-24(48-3)31(38)33(30)52-37)20(19-14-25(49-4)32(51-6)26(15-19)50-5)16-27(44)40-12-10-28-41-36(42-53-28)21-9-7-8-11-39-21/h7-9,11,14-15,17-18,20,45H,10,12-13,16H2,1-6H3,(H,40,44). The number of pyridine rings is 1. The Bertz CT molecular complexity index is 2080. The molecule has 0 bridgehead atoms. The van der Waals surface area contributed by atoms with E-state index in [-0.39, 0.29) is 82.4 Å². The second kappa shape index (κ2) is 15.0. The fraction of sp³-hybridized carbons (Fsp3) is 0.351. The summed E-state index contributed by atoms with van der Waals surface area (Å²) in [6, 6.07) is 9.90. The van der Waals surface area contributed by atoms with Crippen LogP contribution >= 0.6 is 11.6 Å². The number of aliphatic hydroxyl groups excluding tert-OH is 1. The number of hydrogen-bond donors (Lipinski definition) is 2. The minimum atomic E-state index is -2.08. The molecule has 3 heterocycles. The van der Waals surface area contributed by atoms with Crippen molar-refractivity contribution in [2.45, 2.75) is 37.7 Å². The van der Waals surface area contributed by atoms with Crippen LogP contribution < -0.4 is 33.7 Å². The van der Waals surface area contributed by atoms with Crippen molar-refractivity contribution < 1.29 is 52.4 Å². The van der Waals surface area contributed by atoms with Crippen LogP contribution in [-0.2, 0) is 16.0 Å². The van der Waals surface area contributed by atoms with Crippen LogP contribution in [0.4, 0.5) is 0 Å². The molecular formula is C37H37ClN4O11. The lowest BCUT2D eigenvalue weighted by molar-refractivity contribution is -0.121. The first-order valence-corrected chi connectivity index (χ1v) is 16.9. The second-order valence-corrected chi connectivity index (χ2v) is 12.7. The largest absolute Gasteiger partial charge is 0.507 e. The van der Waals surface area contributed by atoms with E-state index < -0.39 is 40.7 Å². The lowest BCUT2D eigenvalue weighted by atomic mass is 9.69. The minimum absolute atomic E-state index is 0.0130. The lowest BCUT2D eigenvalue weighted by Gasteiger charge is -2.38. The number of methoxy groups -OCH3 is 5. The Kier molecular flexibility index (Phi) is 10.5. The Labute approximate surface area is 309 Å². The molecule has 1 aliphatic heterocycles. The molecule has 3 unspecified atom stereocenters. The molecule has 1 spiro atoms. The van der Waals surface area contributed by atoms with E-state index in [1.807, 2.05) is 0 Å². The van der Waals surface area contributed by atoms with E-state index in [1.54, 1.807) is 43.5 Å². The fourth-order valence-corrected chi connectivity index (χ4v) is 7.01. The molecule has 2 N–H and O–H groups in total. The number of Topliss-reactive ketones (excluding diaryl/α,β-unsaturated/α-hetero) is 2. The summed E-state index contributed by atoms with van der Waals surface area (Å²) in [5.41, 5.74) is -1.41. The normalized spacial score (nSPS) is 18.4. The first kappa shape index (κ1) is 36.9. The molecule has 2 aromatic heterocycles. The predicted octanol–water partition coefficient (Wildman–Crippen LogP) is 5.10. The van der Waals surface area contributed by atoms with Crippen LogP contribution in [-0.4, -0.2) is 85.4 Å². The van der Waals surface area contributed by atoms with Gasteiger partial charge in [0, 0.05) is 55.5 Å². The number of carbonyl (C=O) groups is 3. The van der Waals surface area contributed by atoms with Crippen LogP contribution in [0.5, 0.6) is 34.5 Å². The van der Waals surface area contributed by atoms with E-state index in [2.05, 4.69) is 20.4 Å². The van der Waals surface area contributed by atoms with Gasteiger partial charge in [-0.15, -0.1) is 0 Å². The predicted molar refractivity (Wildman–Crippen MR) is 188 cm³/mol. The van der Waals surface area contributed by atoms with E-state index in [9.17, 15) is 19.5 Å². The van der Waals surface area contributed by atoms with Crippen molar-refractivity contribution >= 4 is 29.1 Å². The first-order chi connectivity index (χ1) is 25.5. The lowest BCUT2D eigenvalue weighted by Crippen LogP contribution is -2.53. The summed E-state index contributed by atoms with van der Waals surface area (Å²) < 4.78 is 39.2. The Morgan fingerprint density at radius 2 is 1.72 bits per heavy atom. The molecule has 278 valence electrons. The maximum absolute atomic E-state index is 14.4. The minimum Gasteiger partial charge on any atom is -0.507 e. The smallest absolute Gasteiger partial charge is 0.231 e. The highest BCUT2D eigenvalue weighted by molar-refractivity contribution is 6.35. The van der Waals surface area contributed by atoms with Gasteiger partial charge in [-0.3, -0.25) is 19.4 Å². The average Bonchev–Trinajstić information content (AvgIpc) is 3.77. The Balaban J connectivity index is 1.39. The summed E-state index contributed by atoms with van der Waals surface area (Å²) in [6.07, 6.45) is 1.24. The van der Waals surface area contributed by atoms with Crippen molar-refractivity contribution in [3.63, 3.8) is 0 Å². The number of carbonyl (C=O) groups excluding carboxylic acids is 3. The van der Waals surface area contributed by atoms with Crippen LogP contribution in [0.25, 0.3) is 11.5 Å². The van der Waals surface area contributed by atoms with Crippen LogP contribution in [0, 0.1) is 5.92 Å². The van der Waals surface area contributed by atoms with Gasteiger partial charge in [0.1, 0.15) is 27.8 Å². The summed E-state index contributed by atoms with van der Waals surface area (Å²) in [5.74, 6) is -2.75. The van der Waals surface area contributed by atoms with Gasteiger partial charge in [0.15, 0.2) is 28.8 Å². The maximum Gasteiger partial charge on any atom is 0.231 e. The summed E-state index contributed by atoms with van der Waals surface area (Å²) in [5, 5.41) is 19.0. The molecule has 16 heteroatoms. The first-order valence-electron chi connectivity index (χ1n) is 16.5. The van der Waals surface area contributed by atoms with Gasteiger partial charge in [0.25, 0.3) is 0 Å². The molecule has 3 atom stereocenters. The molecule has 53 heavy (non-hydrogen) atoms. The Morgan fingerprint density at radius 3 is 2.34 bits per heavy atom. The summed E-state index contributed by atoms with van der Waals surface area (Å²) in [6.45, 7) is 1.71. The van der Waals surface area contributed by atoms with E-state index >= 15 is 0 Å². The fourth-order valence-electron chi connectivity index (χ4n) is 6.75. The van der Waals surface area contributed by atoms with Crippen molar-refractivity contribution in [2.75, 3.05) is 42.1 Å². The molecular weight excluding hydrogens is 712 g/mol. The zero-order valence-electron chi connectivity index (χ0n) is 29.8. The molecule has 0 fully saturated rings. The van der Waals surface area contributed by atoms with Crippen molar-refractivity contribution in [3.8, 4) is 46.0 Å². The zero-order chi connectivity index (χ0) is 38.0. The molecule has 4 aromatic rings. The molecule has 0 radical (unpaired) electrons. The number of nitrogens with zero attached hydrogens (tertiary/aromatic N) is 3. The van der Waals surface area contributed by atoms with E-state index in [0.29, 0.717) is 17.1 Å². The highest BCUT2D eigenvalue weighted by Crippen LogP contribution is 2.56. The molecule has 0 saturated carbocycles. The van der Waals surface area contributed by atoms with Gasteiger partial charge in [-0.1, -0.05) is 29.7 Å². The van der Waals surface area contributed by atoms with Crippen molar-refractivity contribution in [1.82, 2.24) is 20.4 Å². The highest BCUT2D eigenvalue weighted by Gasteiger charge is 2.61. The third-order valence-electron chi connectivity index (χ3n) is 9.36.